The summed E-state index contributed by atoms with van der Waals surface area (Å²) in [6.45, 7) is 2.08. The van der Waals surface area contributed by atoms with Gasteiger partial charge in [0.25, 0.3) is 0 Å². The Balaban J connectivity index is 2.52. The van der Waals surface area contributed by atoms with Gasteiger partial charge in [-0.2, -0.15) is 0 Å². The Morgan fingerprint density at radius 2 is 2.27 bits per heavy atom. The van der Waals surface area contributed by atoms with Crippen LogP contribution >= 0.6 is 22.6 Å². The van der Waals surface area contributed by atoms with Crippen molar-refractivity contribution in [3.8, 4) is 0 Å². The number of hydrogen-bond donors (Lipinski definition) is 0. The number of halogens is 1. The van der Waals surface area contributed by atoms with Crippen molar-refractivity contribution in [3.63, 3.8) is 0 Å². The highest BCUT2D eigenvalue weighted by Crippen LogP contribution is 2.27. The van der Waals surface area contributed by atoms with E-state index in [1.54, 1.807) is 0 Å². The number of benzene rings is 1. The van der Waals surface area contributed by atoms with Crippen molar-refractivity contribution < 1.29 is 0 Å². The summed E-state index contributed by atoms with van der Waals surface area (Å²) in [7, 11) is 0. The molecule has 1 aliphatic rings. The molecule has 11 heavy (non-hydrogen) atoms. The Kier molecular flexibility index (Phi) is 1.71. The first-order valence-electron chi connectivity index (χ1n) is 3.58. The minimum Gasteiger partial charge on any atom is -0.257 e. The van der Waals surface area contributed by atoms with Gasteiger partial charge in [0.1, 0.15) is 0 Å². The molecule has 0 spiro atoms. The van der Waals surface area contributed by atoms with Gasteiger partial charge in [0.2, 0.25) is 0 Å². The molecule has 0 fully saturated rings. The molecule has 1 aliphatic heterocycles. The molecule has 0 N–H and O–H groups in total. The molecule has 0 unspecified atom stereocenters. The van der Waals surface area contributed by atoms with Crippen molar-refractivity contribution in [2.24, 2.45) is 4.99 Å². The van der Waals surface area contributed by atoms with Crippen molar-refractivity contribution in [1.29, 1.82) is 0 Å². The molecule has 0 atom stereocenters. The third-order valence-electron chi connectivity index (χ3n) is 1.80. The van der Waals surface area contributed by atoms with E-state index in [4.69, 9.17) is 0 Å². The quantitative estimate of drug-likeness (QED) is 0.633. The summed E-state index contributed by atoms with van der Waals surface area (Å²) < 4.78 is 1.30. The fourth-order valence-electron chi connectivity index (χ4n) is 1.33. The molecule has 0 bridgehead atoms. The van der Waals surface area contributed by atoms with Crippen LogP contribution in [0.5, 0.6) is 0 Å². The van der Waals surface area contributed by atoms with Crippen molar-refractivity contribution in [1.82, 2.24) is 0 Å². The average molecular weight is 257 g/mol. The van der Waals surface area contributed by atoms with Gasteiger partial charge in [-0.3, -0.25) is 4.99 Å². The summed E-state index contributed by atoms with van der Waals surface area (Å²) in [5.41, 5.74) is 3.75. The average Bonchev–Trinajstić information content (AvgIpc) is 2.27. The third-order valence-corrected chi connectivity index (χ3v) is 2.47. The molecule has 1 nitrogen and oxygen atoms in total. The zero-order valence-electron chi connectivity index (χ0n) is 6.26. The van der Waals surface area contributed by atoms with Gasteiger partial charge in [-0.05, 0) is 53.3 Å². The Hall–Kier alpha value is -0.380. The van der Waals surface area contributed by atoms with Crippen LogP contribution < -0.4 is 0 Å². The third kappa shape index (κ3) is 1.31. The zero-order valence-corrected chi connectivity index (χ0v) is 8.42. The molecule has 1 aromatic rings. The fraction of sp³-hybridized carbons (Fsp3) is 0.222. The minimum absolute atomic E-state index is 1.03. The van der Waals surface area contributed by atoms with E-state index < -0.39 is 0 Å². The summed E-state index contributed by atoms with van der Waals surface area (Å²) in [4.78, 5) is 4.41. The van der Waals surface area contributed by atoms with Crippen LogP contribution in [0, 0.1) is 3.57 Å². The first-order valence-corrected chi connectivity index (χ1v) is 4.66. The first-order chi connectivity index (χ1) is 5.25. The lowest BCUT2D eigenvalue weighted by Crippen LogP contribution is -1.88. The van der Waals surface area contributed by atoms with Crippen LogP contribution in [-0.4, -0.2) is 5.71 Å². The predicted octanol–water partition coefficient (Wildman–Crippen LogP) is 2.94. The van der Waals surface area contributed by atoms with Crippen LogP contribution in [0.1, 0.15) is 12.5 Å². The van der Waals surface area contributed by atoms with Gasteiger partial charge >= 0.3 is 0 Å². The number of hydrogen-bond acceptors (Lipinski definition) is 1. The molecule has 0 aromatic heterocycles. The van der Waals surface area contributed by atoms with Crippen LogP contribution in [0.2, 0.25) is 0 Å². The Bertz CT molecular complexity index is 328. The molecule has 0 aliphatic carbocycles. The second-order valence-corrected chi connectivity index (χ2v) is 4.04. The van der Waals surface area contributed by atoms with Crippen LogP contribution in [-0.2, 0) is 6.42 Å². The van der Waals surface area contributed by atoms with Gasteiger partial charge in [-0.25, -0.2) is 0 Å². The molecular weight excluding hydrogens is 249 g/mol. The second-order valence-electron chi connectivity index (χ2n) is 2.80. The highest BCUT2D eigenvalue weighted by atomic mass is 127. The molecule has 0 amide bonds. The second kappa shape index (κ2) is 2.59. The maximum absolute atomic E-state index is 4.41. The van der Waals surface area contributed by atoms with Gasteiger partial charge in [0, 0.05) is 15.7 Å². The topological polar surface area (TPSA) is 12.4 Å². The lowest BCUT2D eigenvalue weighted by atomic mass is 10.1. The van der Waals surface area contributed by atoms with Crippen LogP contribution in [0.25, 0.3) is 0 Å². The SMILES string of the molecule is CC1=Nc2ccc(I)cc2C1. The first kappa shape index (κ1) is 7.28. The summed E-state index contributed by atoms with van der Waals surface area (Å²) in [5, 5.41) is 0. The molecular formula is C9H8IN. The van der Waals surface area contributed by atoms with Crippen LogP contribution in [0.15, 0.2) is 23.2 Å². The smallest absolute Gasteiger partial charge is 0.0665 e. The van der Waals surface area contributed by atoms with Gasteiger partial charge < -0.3 is 0 Å². The van der Waals surface area contributed by atoms with Gasteiger partial charge in [-0.1, -0.05) is 0 Å². The van der Waals surface area contributed by atoms with E-state index in [0.29, 0.717) is 0 Å². The minimum atomic E-state index is 1.03. The number of aliphatic imine (C=N–C) groups is 1. The molecule has 2 rings (SSSR count). The molecule has 0 saturated heterocycles. The van der Waals surface area contributed by atoms with Crippen molar-refractivity contribution in [2.45, 2.75) is 13.3 Å². The van der Waals surface area contributed by atoms with Gasteiger partial charge in [-0.15, -0.1) is 0 Å². The Labute approximate surface area is 79.7 Å². The molecule has 56 valence electrons. The summed E-state index contributed by atoms with van der Waals surface area (Å²) >= 11 is 2.33. The Morgan fingerprint density at radius 3 is 3.09 bits per heavy atom. The number of rotatable bonds is 0. The lowest BCUT2D eigenvalue weighted by molar-refractivity contribution is 1.37. The molecule has 1 aromatic carbocycles. The number of nitrogens with zero attached hydrogens (tertiary/aromatic N) is 1. The summed E-state index contributed by atoms with van der Waals surface area (Å²) in [6.07, 6.45) is 1.03. The highest BCUT2D eigenvalue weighted by Gasteiger charge is 2.10. The van der Waals surface area contributed by atoms with Crippen molar-refractivity contribution in [2.75, 3.05) is 0 Å². The summed E-state index contributed by atoms with van der Waals surface area (Å²) in [5.74, 6) is 0. The molecule has 0 radical (unpaired) electrons. The normalized spacial score (nSPS) is 14.5. The van der Waals surface area contributed by atoms with Crippen molar-refractivity contribution in [3.05, 3.63) is 27.3 Å². The van der Waals surface area contributed by atoms with E-state index in [0.717, 1.165) is 12.1 Å². The van der Waals surface area contributed by atoms with E-state index in [9.17, 15) is 0 Å². The number of fused-ring (bicyclic) bond motifs is 1. The van der Waals surface area contributed by atoms with E-state index in [2.05, 4.69) is 52.7 Å². The summed E-state index contributed by atoms with van der Waals surface area (Å²) in [6, 6.07) is 6.39. The largest absolute Gasteiger partial charge is 0.257 e. The lowest BCUT2D eigenvalue weighted by Gasteiger charge is -1.95. The standard InChI is InChI=1S/C9H8IN/c1-6-4-7-5-8(10)2-3-9(7)11-6/h2-3,5H,4H2,1H3. The van der Waals surface area contributed by atoms with E-state index in [1.165, 1.54) is 14.8 Å². The van der Waals surface area contributed by atoms with Crippen molar-refractivity contribution >= 4 is 34.0 Å². The van der Waals surface area contributed by atoms with Crippen LogP contribution in [0.4, 0.5) is 5.69 Å². The van der Waals surface area contributed by atoms with Crippen LogP contribution in [0.3, 0.4) is 0 Å². The van der Waals surface area contributed by atoms with E-state index in [-0.39, 0.29) is 0 Å². The molecule has 0 saturated carbocycles. The fourth-order valence-corrected chi connectivity index (χ4v) is 1.88. The highest BCUT2D eigenvalue weighted by molar-refractivity contribution is 14.1. The monoisotopic (exact) mass is 257 g/mol. The van der Waals surface area contributed by atoms with Gasteiger partial charge in [0.15, 0.2) is 0 Å². The maximum atomic E-state index is 4.41. The predicted molar refractivity (Wildman–Crippen MR) is 55.6 cm³/mol. The molecule has 2 heteroatoms. The van der Waals surface area contributed by atoms with E-state index in [1.807, 2.05) is 0 Å². The molecule has 1 heterocycles. The van der Waals surface area contributed by atoms with Gasteiger partial charge in [0.05, 0.1) is 5.69 Å². The Morgan fingerprint density at radius 1 is 1.45 bits per heavy atom. The van der Waals surface area contributed by atoms with E-state index >= 15 is 0 Å². The zero-order chi connectivity index (χ0) is 7.84. The maximum Gasteiger partial charge on any atom is 0.0665 e.